The first kappa shape index (κ1) is 15.1. The van der Waals surface area contributed by atoms with Gasteiger partial charge in [0.15, 0.2) is 5.16 Å². The zero-order valence-electron chi connectivity index (χ0n) is 12.8. The van der Waals surface area contributed by atoms with Crippen LogP contribution in [0.1, 0.15) is 50.1 Å². The molecule has 0 radical (unpaired) electrons. The lowest BCUT2D eigenvalue weighted by molar-refractivity contribution is 0.148. The molecule has 0 bridgehead atoms. The Morgan fingerprint density at radius 2 is 2.17 bits per heavy atom. The minimum atomic E-state index is -2.78. The van der Waals surface area contributed by atoms with Gasteiger partial charge in [0, 0.05) is 17.6 Å². The van der Waals surface area contributed by atoms with Crippen LogP contribution in [-0.4, -0.2) is 20.8 Å². The molecule has 1 unspecified atom stereocenters. The molecule has 2 aromatic rings. The van der Waals surface area contributed by atoms with Gasteiger partial charge in [0.25, 0.3) is 12.0 Å². The lowest BCUT2D eigenvalue weighted by Gasteiger charge is -2.23. The number of pyridine rings is 1. The van der Waals surface area contributed by atoms with E-state index in [1.165, 1.54) is 17.8 Å². The molecule has 0 amide bonds. The van der Waals surface area contributed by atoms with E-state index in [0.29, 0.717) is 16.2 Å². The highest BCUT2D eigenvalue weighted by Gasteiger charge is 2.53. The predicted octanol–water partition coefficient (Wildman–Crippen LogP) is 3.96. The van der Waals surface area contributed by atoms with Crippen LogP contribution < -0.4 is 5.56 Å². The van der Waals surface area contributed by atoms with Crippen LogP contribution in [-0.2, 0) is 0 Å². The van der Waals surface area contributed by atoms with Crippen molar-refractivity contribution in [3.8, 4) is 0 Å². The van der Waals surface area contributed by atoms with E-state index in [-0.39, 0.29) is 11.5 Å². The third-order valence-corrected chi connectivity index (χ3v) is 5.82. The number of halogens is 2. The summed E-state index contributed by atoms with van der Waals surface area (Å²) in [6.07, 6.45) is 5.74. The molecule has 0 aromatic carbocycles. The summed E-state index contributed by atoms with van der Waals surface area (Å²) in [5.74, 6) is 0. The molecule has 1 spiro atoms. The maximum absolute atomic E-state index is 13.3. The molecular formula is C16H17F2N3OS. The van der Waals surface area contributed by atoms with Gasteiger partial charge in [0.05, 0.1) is 5.56 Å². The zero-order valence-corrected chi connectivity index (χ0v) is 13.6. The molecule has 23 heavy (non-hydrogen) atoms. The van der Waals surface area contributed by atoms with Crippen LogP contribution in [0.4, 0.5) is 8.78 Å². The van der Waals surface area contributed by atoms with Crippen molar-refractivity contribution in [2.24, 2.45) is 5.41 Å². The summed E-state index contributed by atoms with van der Waals surface area (Å²) in [5, 5.41) is 1.07. The molecule has 0 saturated heterocycles. The Morgan fingerprint density at radius 1 is 1.39 bits per heavy atom. The van der Waals surface area contributed by atoms with Gasteiger partial charge < -0.3 is 0 Å². The van der Waals surface area contributed by atoms with E-state index >= 15 is 0 Å². The fourth-order valence-electron chi connectivity index (χ4n) is 3.94. The number of hydrogen-bond donors (Lipinski definition) is 0. The lowest BCUT2D eigenvalue weighted by Crippen LogP contribution is -2.31. The van der Waals surface area contributed by atoms with E-state index < -0.39 is 17.5 Å². The van der Waals surface area contributed by atoms with E-state index in [2.05, 4.69) is 9.97 Å². The van der Waals surface area contributed by atoms with Gasteiger partial charge in [-0.2, -0.15) is 0 Å². The van der Waals surface area contributed by atoms with E-state index in [1.54, 1.807) is 10.8 Å². The molecule has 0 N–H and O–H groups in total. The van der Waals surface area contributed by atoms with Crippen molar-refractivity contribution in [3.63, 3.8) is 0 Å². The standard InChI is InChI=1S/C16H17F2N3OS/c1-23-15-19-8-9-7-10(12(17)18)14(22)21(13(9)20-15)11-3-2-4-16(11)5-6-16/h7-8,11-12H,2-6H2,1H3. The lowest BCUT2D eigenvalue weighted by atomic mass is 9.99. The maximum Gasteiger partial charge on any atom is 0.269 e. The summed E-state index contributed by atoms with van der Waals surface area (Å²) in [6, 6.07) is 1.23. The van der Waals surface area contributed by atoms with E-state index in [1.807, 2.05) is 6.26 Å². The average Bonchev–Trinajstić information content (AvgIpc) is 3.20. The van der Waals surface area contributed by atoms with Crippen LogP contribution in [0.15, 0.2) is 22.2 Å². The molecule has 2 saturated carbocycles. The quantitative estimate of drug-likeness (QED) is 0.628. The summed E-state index contributed by atoms with van der Waals surface area (Å²) in [6.45, 7) is 0. The van der Waals surface area contributed by atoms with Gasteiger partial charge in [-0.15, -0.1) is 0 Å². The highest BCUT2D eigenvalue weighted by atomic mass is 32.2. The van der Waals surface area contributed by atoms with Crippen LogP contribution in [0, 0.1) is 5.41 Å². The smallest absolute Gasteiger partial charge is 0.269 e. The third kappa shape index (κ3) is 2.28. The molecule has 4 nitrogen and oxygen atoms in total. The van der Waals surface area contributed by atoms with Crippen LogP contribution >= 0.6 is 11.8 Å². The summed E-state index contributed by atoms with van der Waals surface area (Å²) < 4.78 is 28.2. The number of aromatic nitrogens is 3. The number of thioether (sulfide) groups is 1. The zero-order chi connectivity index (χ0) is 16.2. The van der Waals surface area contributed by atoms with Crippen molar-refractivity contribution in [2.45, 2.75) is 49.7 Å². The Kier molecular flexibility index (Phi) is 3.44. The molecular weight excluding hydrogens is 320 g/mol. The second kappa shape index (κ2) is 5.26. The van der Waals surface area contributed by atoms with Gasteiger partial charge in [-0.25, -0.2) is 18.7 Å². The minimum Gasteiger partial charge on any atom is -0.288 e. The Bertz CT molecular complexity index is 832. The SMILES string of the molecule is CSc1ncc2cc(C(F)F)c(=O)n(C3CCCC34CC4)c2n1. The van der Waals surface area contributed by atoms with E-state index in [0.717, 1.165) is 32.1 Å². The van der Waals surface area contributed by atoms with Crippen molar-refractivity contribution in [1.82, 2.24) is 14.5 Å². The first-order valence-corrected chi connectivity index (χ1v) is 9.02. The molecule has 0 aliphatic heterocycles. The molecule has 2 heterocycles. The van der Waals surface area contributed by atoms with Crippen molar-refractivity contribution < 1.29 is 8.78 Å². The highest BCUT2D eigenvalue weighted by Crippen LogP contribution is 2.63. The van der Waals surface area contributed by atoms with Crippen molar-refractivity contribution >= 4 is 22.8 Å². The summed E-state index contributed by atoms with van der Waals surface area (Å²) >= 11 is 1.38. The van der Waals surface area contributed by atoms with Gasteiger partial charge in [-0.1, -0.05) is 18.2 Å². The van der Waals surface area contributed by atoms with Crippen molar-refractivity contribution in [3.05, 3.63) is 28.2 Å². The van der Waals surface area contributed by atoms with Gasteiger partial charge >= 0.3 is 0 Å². The van der Waals surface area contributed by atoms with E-state index in [9.17, 15) is 13.6 Å². The third-order valence-electron chi connectivity index (χ3n) is 5.26. The first-order valence-electron chi connectivity index (χ1n) is 7.80. The largest absolute Gasteiger partial charge is 0.288 e. The maximum atomic E-state index is 13.3. The van der Waals surface area contributed by atoms with Crippen molar-refractivity contribution in [2.75, 3.05) is 6.26 Å². The van der Waals surface area contributed by atoms with Gasteiger partial charge in [0.2, 0.25) is 0 Å². The average molecular weight is 337 g/mol. The molecule has 2 aromatic heterocycles. The van der Waals surface area contributed by atoms with Crippen molar-refractivity contribution in [1.29, 1.82) is 0 Å². The van der Waals surface area contributed by atoms with Gasteiger partial charge in [0.1, 0.15) is 5.65 Å². The molecule has 7 heteroatoms. The van der Waals surface area contributed by atoms with Gasteiger partial charge in [-0.3, -0.25) is 9.36 Å². The number of rotatable bonds is 3. The number of alkyl halides is 2. The summed E-state index contributed by atoms with van der Waals surface area (Å²) in [4.78, 5) is 21.4. The molecule has 2 aliphatic rings. The van der Waals surface area contributed by atoms with Crippen LogP contribution in [0.25, 0.3) is 11.0 Å². The Hall–Kier alpha value is -1.50. The number of hydrogen-bond acceptors (Lipinski definition) is 4. The van der Waals surface area contributed by atoms with Crippen LogP contribution in [0.5, 0.6) is 0 Å². The second-order valence-corrected chi connectivity index (χ2v) is 7.25. The fourth-order valence-corrected chi connectivity index (χ4v) is 4.27. The van der Waals surface area contributed by atoms with Crippen LogP contribution in [0.2, 0.25) is 0 Å². The molecule has 1 atom stereocenters. The molecule has 2 fully saturated rings. The van der Waals surface area contributed by atoms with E-state index in [4.69, 9.17) is 0 Å². The number of fused-ring (bicyclic) bond motifs is 1. The normalized spacial score (nSPS) is 22.3. The fraction of sp³-hybridized carbons (Fsp3) is 0.562. The van der Waals surface area contributed by atoms with Crippen LogP contribution in [0.3, 0.4) is 0 Å². The highest BCUT2D eigenvalue weighted by molar-refractivity contribution is 7.98. The first-order chi connectivity index (χ1) is 11.1. The second-order valence-electron chi connectivity index (χ2n) is 6.48. The number of nitrogens with zero attached hydrogens (tertiary/aromatic N) is 3. The summed E-state index contributed by atoms with van der Waals surface area (Å²) in [7, 11) is 0. The molecule has 4 rings (SSSR count). The Morgan fingerprint density at radius 3 is 2.83 bits per heavy atom. The predicted molar refractivity (Wildman–Crippen MR) is 85.1 cm³/mol. The van der Waals surface area contributed by atoms with Gasteiger partial charge in [-0.05, 0) is 43.4 Å². The Labute approximate surface area is 136 Å². The Balaban J connectivity index is 2.02. The molecule has 2 aliphatic carbocycles. The minimum absolute atomic E-state index is 0.0131. The molecule has 122 valence electrons. The monoisotopic (exact) mass is 337 g/mol. The topological polar surface area (TPSA) is 47.8 Å². The summed E-state index contributed by atoms with van der Waals surface area (Å²) in [5.41, 5.74) is -0.406.